The summed E-state index contributed by atoms with van der Waals surface area (Å²) in [5.74, 6) is 0.426. The van der Waals surface area contributed by atoms with E-state index in [0.29, 0.717) is 18.5 Å². The van der Waals surface area contributed by atoms with E-state index in [4.69, 9.17) is 0 Å². The summed E-state index contributed by atoms with van der Waals surface area (Å²) in [6.45, 7) is 0.392. The molecule has 92 valence electrons. The minimum absolute atomic E-state index is 0.119. The van der Waals surface area contributed by atoms with Crippen LogP contribution in [0.25, 0.3) is 0 Å². The number of carbonyl (C=O) groups is 1. The van der Waals surface area contributed by atoms with Crippen LogP contribution in [0, 0.1) is 5.92 Å². The fraction of sp³-hybridized carbons (Fsp3) is 0.917. The number of hydrogen-bond acceptors (Lipinski definition) is 2. The number of nitrogens with one attached hydrogen (secondary N) is 2. The summed E-state index contributed by atoms with van der Waals surface area (Å²) in [5.41, 5.74) is 0. The molecule has 1 atom stereocenters. The van der Waals surface area contributed by atoms with Gasteiger partial charge in [-0.05, 0) is 31.6 Å². The van der Waals surface area contributed by atoms with Crippen molar-refractivity contribution in [2.45, 2.75) is 57.1 Å². The van der Waals surface area contributed by atoms with Gasteiger partial charge in [0.15, 0.2) is 0 Å². The van der Waals surface area contributed by atoms with E-state index in [0.717, 1.165) is 25.7 Å². The summed E-state index contributed by atoms with van der Waals surface area (Å²) in [7, 11) is 0. The van der Waals surface area contributed by atoms with Gasteiger partial charge in [0.1, 0.15) is 0 Å². The van der Waals surface area contributed by atoms with Crippen LogP contribution in [-0.2, 0) is 0 Å². The van der Waals surface area contributed by atoms with Gasteiger partial charge in [0.05, 0.1) is 6.10 Å². The molecule has 0 radical (unpaired) electrons. The molecule has 0 aromatic heterocycles. The number of rotatable bonds is 4. The van der Waals surface area contributed by atoms with Gasteiger partial charge in [-0.3, -0.25) is 0 Å². The van der Waals surface area contributed by atoms with E-state index in [1.807, 2.05) is 0 Å². The standard InChI is InChI=1S/C12H22N2O2/c15-11(9-6-7-9)8-13-12(16)14-10-4-2-1-3-5-10/h9-11,15H,1-8H2,(H2,13,14,16). The molecule has 1 unspecified atom stereocenters. The average molecular weight is 226 g/mol. The largest absolute Gasteiger partial charge is 0.391 e. The van der Waals surface area contributed by atoms with Crippen molar-refractivity contribution >= 4 is 6.03 Å². The summed E-state index contributed by atoms with van der Waals surface area (Å²) in [5, 5.41) is 15.3. The zero-order valence-electron chi connectivity index (χ0n) is 9.74. The van der Waals surface area contributed by atoms with E-state index in [1.54, 1.807) is 0 Å². The molecule has 0 aliphatic heterocycles. The molecule has 2 aliphatic carbocycles. The summed E-state index contributed by atoms with van der Waals surface area (Å²) in [4.78, 5) is 11.5. The highest BCUT2D eigenvalue weighted by Gasteiger charge is 2.29. The third-order valence-corrected chi connectivity index (χ3v) is 3.58. The second kappa shape index (κ2) is 5.53. The predicted molar refractivity (Wildman–Crippen MR) is 62.1 cm³/mol. The van der Waals surface area contributed by atoms with Crippen molar-refractivity contribution in [2.75, 3.05) is 6.54 Å². The van der Waals surface area contributed by atoms with Crippen molar-refractivity contribution in [3.63, 3.8) is 0 Å². The van der Waals surface area contributed by atoms with Gasteiger partial charge in [0.2, 0.25) is 0 Å². The molecule has 0 aromatic rings. The fourth-order valence-corrected chi connectivity index (χ4v) is 2.33. The molecule has 2 fully saturated rings. The molecule has 0 bridgehead atoms. The first-order chi connectivity index (χ1) is 7.75. The van der Waals surface area contributed by atoms with Crippen LogP contribution in [0.1, 0.15) is 44.9 Å². The number of hydrogen-bond donors (Lipinski definition) is 3. The van der Waals surface area contributed by atoms with Crippen LogP contribution in [-0.4, -0.2) is 29.8 Å². The number of carbonyl (C=O) groups excluding carboxylic acids is 1. The number of aliphatic hydroxyl groups excluding tert-OH is 1. The topological polar surface area (TPSA) is 61.4 Å². The molecule has 4 heteroatoms. The highest BCUT2D eigenvalue weighted by atomic mass is 16.3. The average Bonchev–Trinajstić information content (AvgIpc) is 3.11. The van der Waals surface area contributed by atoms with Crippen molar-refractivity contribution < 1.29 is 9.90 Å². The van der Waals surface area contributed by atoms with Gasteiger partial charge in [0.25, 0.3) is 0 Å². The molecule has 0 saturated heterocycles. The van der Waals surface area contributed by atoms with E-state index in [2.05, 4.69) is 10.6 Å². The molecule has 2 rings (SSSR count). The Hall–Kier alpha value is -0.770. The van der Waals surface area contributed by atoms with E-state index < -0.39 is 0 Å². The summed E-state index contributed by atoms with van der Waals surface area (Å²) >= 11 is 0. The lowest BCUT2D eigenvalue weighted by Gasteiger charge is -2.23. The second-order valence-electron chi connectivity index (χ2n) is 5.09. The van der Waals surface area contributed by atoms with E-state index in [-0.39, 0.29) is 12.1 Å². The molecule has 0 spiro atoms. The maximum Gasteiger partial charge on any atom is 0.315 e. The zero-order chi connectivity index (χ0) is 11.4. The monoisotopic (exact) mass is 226 g/mol. The third-order valence-electron chi connectivity index (χ3n) is 3.58. The minimum atomic E-state index is -0.350. The molecule has 4 nitrogen and oxygen atoms in total. The lowest BCUT2D eigenvalue weighted by Crippen LogP contribution is -2.45. The van der Waals surface area contributed by atoms with Gasteiger partial charge >= 0.3 is 6.03 Å². The van der Waals surface area contributed by atoms with Gasteiger partial charge in [-0.1, -0.05) is 19.3 Å². The SMILES string of the molecule is O=C(NCC(O)C1CC1)NC1CCCCC1. The van der Waals surface area contributed by atoms with Crippen LogP contribution in [0.2, 0.25) is 0 Å². The molecule has 3 N–H and O–H groups in total. The maximum atomic E-state index is 11.5. The Bertz CT molecular complexity index is 235. The highest BCUT2D eigenvalue weighted by Crippen LogP contribution is 2.32. The Morgan fingerprint density at radius 2 is 1.88 bits per heavy atom. The van der Waals surface area contributed by atoms with Crippen molar-refractivity contribution in [3.05, 3.63) is 0 Å². The van der Waals surface area contributed by atoms with Gasteiger partial charge in [0, 0.05) is 12.6 Å². The second-order valence-corrected chi connectivity index (χ2v) is 5.09. The normalized spacial score (nSPS) is 23.8. The van der Waals surface area contributed by atoms with E-state index in [9.17, 15) is 9.90 Å². The minimum Gasteiger partial charge on any atom is -0.391 e. The Labute approximate surface area is 96.8 Å². The summed E-state index contributed by atoms with van der Waals surface area (Å²) in [6.07, 6.45) is 7.78. The smallest absolute Gasteiger partial charge is 0.315 e. The van der Waals surface area contributed by atoms with E-state index >= 15 is 0 Å². The van der Waals surface area contributed by atoms with Crippen molar-refractivity contribution in [1.29, 1.82) is 0 Å². The van der Waals surface area contributed by atoms with E-state index in [1.165, 1.54) is 19.3 Å². The number of urea groups is 1. The van der Waals surface area contributed by atoms with Crippen LogP contribution in [0.4, 0.5) is 4.79 Å². The summed E-state index contributed by atoms with van der Waals surface area (Å²) < 4.78 is 0. The Balaban J connectivity index is 1.59. The van der Waals surface area contributed by atoms with Crippen LogP contribution < -0.4 is 10.6 Å². The van der Waals surface area contributed by atoms with Gasteiger partial charge in [-0.15, -0.1) is 0 Å². The molecule has 16 heavy (non-hydrogen) atoms. The first-order valence-corrected chi connectivity index (χ1v) is 6.48. The first-order valence-electron chi connectivity index (χ1n) is 6.48. The molecular weight excluding hydrogens is 204 g/mol. The molecule has 2 saturated carbocycles. The zero-order valence-corrected chi connectivity index (χ0v) is 9.74. The third kappa shape index (κ3) is 3.67. The van der Waals surface area contributed by atoms with Gasteiger partial charge in [-0.25, -0.2) is 4.79 Å². The van der Waals surface area contributed by atoms with Crippen LogP contribution >= 0.6 is 0 Å². The lowest BCUT2D eigenvalue weighted by atomic mass is 9.96. The Kier molecular flexibility index (Phi) is 4.04. The van der Waals surface area contributed by atoms with Crippen molar-refractivity contribution in [3.8, 4) is 0 Å². The van der Waals surface area contributed by atoms with Crippen LogP contribution in [0.15, 0.2) is 0 Å². The number of aliphatic hydroxyl groups is 1. The summed E-state index contributed by atoms with van der Waals surface area (Å²) in [6, 6.07) is 0.221. The van der Waals surface area contributed by atoms with Crippen molar-refractivity contribution in [2.24, 2.45) is 5.92 Å². The maximum absolute atomic E-state index is 11.5. The molecule has 2 aliphatic rings. The molecular formula is C12H22N2O2. The van der Waals surface area contributed by atoms with Gasteiger partial charge < -0.3 is 15.7 Å². The number of amides is 2. The Morgan fingerprint density at radius 1 is 1.19 bits per heavy atom. The van der Waals surface area contributed by atoms with Gasteiger partial charge in [-0.2, -0.15) is 0 Å². The molecule has 2 amide bonds. The first kappa shape index (κ1) is 11.7. The van der Waals surface area contributed by atoms with Crippen LogP contribution in [0.5, 0.6) is 0 Å². The lowest BCUT2D eigenvalue weighted by molar-refractivity contribution is 0.148. The van der Waals surface area contributed by atoms with Crippen LogP contribution in [0.3, 0.4) is 0 Å². The molecule has 0 aromatic carbocycles. The van der Waals surface area contributed by atoms with Crippen molar-refractivity contribution in [1.82, 2.24) is 10.6 Å². The fourth-order valence-electron chi connectivity index (χ4n) is 2.33. The predicted octanol–water partition coefficient (Wildman–Crippen LogP) is 1.39. The highest BCUT2D eigenvalue weighted by molar-refractivity contribution is 5.74. The quantitative estimate of drug-likeness (QED) is 0.678. The molecule has 0 heterocycles. The Morgan fingerprint density at radius 3 is 2.50 bits per heavy atom.